The molecule has 146 valence electrons. The van der Waals surface area contributed by atoms with Gasteiger partial charge in [-0.05, 0) is 25.1 Å². The van der Waals surface area contributed by atoms with Crippen molar-refractivity contribution in [1.29, 1.82) is 0 Å². The Bertz CT molecular complexity index is 1100. The lowest BCUT2D eigenvalue weighted by Gasteiger charge is -2.18. The molecule has 0 saturated carbocycles. The van der Waals surface area contributed by atoms with E-state index < -0.39 is 17.6 Å². The molecule has 2 heterocycles. The van der Waals surface area contributed by atoms with E-state index in [9.17, 15) is 14.0 Å². The maximum Gasteiger partial charge on any atom is 0.325 e. The van der Waals surface area contributed by atoms with Gasteiger partial charge in [-0.25, -0.2) is 13.9 Å². The third kappa shape index (κ3) is 3.65. The lowest BCUT2D eigenvalue weighted by Crippen LogP contribution is -2.27. The van der Waals surface area contributed by atoms with Crippen molar-refractivity contribution < 1.29 is 18.7 Å². The van der Waals surface area contributed by atoms with E-state index in [0.717, 1.165) is 6.07 Å². The second kappa shape index (κ2) is 7.73. The Labute approximate surface area is 169 Å². The first kappa shape index (κ1) is 20.0. The number of aryl methyl sites for hydroxylation is 1. The molecule has 3 aromatic rings. The van der Waals surface area contributed by atoms with Gasteiger partial charge in [-0.1, -0.05) is 23.2 Å². The van der Waals surface area contributed by atoms with E-state index in [4.69, 9.17) is 23.2 Å². The number of halogens is 3. The van der Waals surface area contributed by atoms with Gasteiger partial charge >= 0.3 is 5.97 Å². The summed E-state index contributed by atoms with van der Waals surface area (Å²) in [6.45, 7) is 1.54. The molecule has 0 radical (unpaired) electrons. The number of methoxy groups -OCH3 is 1. The van der Waals surface area contributed by atoms with Crippen LogP contribution in [0.1, 0.15) is 21.7 Å². The quantitative estimate of drug-likeness (QED) is 0.461. The number of ether oxygens (including phenoxy) is 1. The summed E-state index contributed by atoms with van der Waals surface area (Å²) in [5, 5.41) is 4.39. The lowest BCUT2D eigenvalue weighted by molar-refractivity contribution is -0.138. The predicted molar refractivity (Wildman–Crippen MR) is 103 cm³/mol. The molecule has 1 aromatic carbocycles. The Kier molecular flexibility index (Phi) is 5.53. The number of likely N-dealkylation sites (N-methyl/N-ethyl adjacent to an activating group) is 1. The van der Waals surface area contributed by atoms with Crippen LogP contribution in [0.2, 0.25) is 10.2 Å². The number of esters is 1. The van der Waals surface area contributed by atoms with Gasteiger partial charge in [0.15, 0.2) is 10.8 Å². The van der Waals surface area contributed by atoms with Crippen LogP contribution in [-0.4, -0.2) is 47.1 Å². The molecular weight excluding hydrogens is 410 g/mol. The standard InChI is InChI=1S/C18H15Cl2FN4O3/c1-9-16(17(27)11-5-4-10(19)6-12(11)21)25-18(22-9)13(7-14(20)23-25)24(2)8-15(26)28-3/h4-7H,8H2,1-3H3. The fraction of sp³-hybridized carbons (Fsp3) is 0.222. The zero-order valence-electron chi connectivity index (χ0n) is 15.2. The molecule has 0 aliphatic rings. The number of hydrogen-bond acceptors (Lipinski definition) is 6. The van der Waals surface area contributed by atoms with Crippen LogP contribution in [0.5, 0.6) is 0 Å². The average Bonchev–Trinajstić information content (AvgIpc) is 2.95. The van der Waals surface area contributed by atoms with Crippen molar-refractivity contribution in [3.8, 4) is 0 Å². The summed E-state index contributed by atoms with van der Waals surface area (Å²) in [5.74, 6) is -1.83. The van der Waals surface area contributed by atoms with Crippen molar-refractivity contribution in [2.75, 3.05) is 25.6 Å². The van der Waals surface area contributed by atoms with Gasteiger partial charge in [-0.3, -0.25) is 9.59 Å². The predicted octanol–water partition coefficient (Wildman–Crippen LogP) is 3.32. The van der Waals surface area contributed by atoms with Crippen molar-refractivity contribution in [2.45, 2.75) is 6.92 Å². The van der Waals surface area contributed by atoms with E-state index in [2.05, 4.69) is 14.8 Å². The topological polar surface area (TPSA) is 76.8 Å². The normalized spacial score (nSPS) is 10.9. The Morgan fingerprint density at radius 2 is 2.00 bits per heavy atom. The highest BCUT2D eigenvalue weighted by atomic mass is 35.5. The molecule has 0 fully saturated rings. The maximum absolute atomic E-state index is 14.3. The minimum absolute atomic E-state index is 0.0615. The van der Waals surface area contributed by atoms with E-state index in [1.54, 1.807) is 18.9 Å². The van der Waals surface area contributed by atoms with Gasteiger partial charge in [0, 0.05) is 18.1 Å². The number of imidazole rings is 1. The van der Waals surface area contributed by atoms with E-state index >= 15 is 0 Å². The number of ketones is 1. The highest BCUT2D eigenvalue weighted by Crippen LogP contribution is 2.27. The smallest absolute Gasteiger partial charge is 0.325 e. The van der Waals surface area contributed by atoms with Crippen LogP contribution >= 0.6 is 23.2 Å². The van der Waals surface area contributed by atoms with Crippen LogP contribution in [0.15, 0.2) is 24.3 Å². The summed E-state index contributed by atoms with van der Waals surface area (Å²) in [5.41, 5.74) is 0.990. The van der Waals surface area contributed by atoms with E-state index in [1.165, 1.54) is 29.8 Å². The second-order valence-corrected chi connectivity index (χ2v) is 6.84. The molecule has 7 nitrogen and oxygen atoms in total. The molecule has 0 spiro atoms. The Hall–Kier alpha value is -2.71. The number of hydrogen-bond donors (Lipinski definition) is 0. The molecule has 0 aliphatic carbocycles. The summed E-state index contributed by atoms with van der Waals surface area (Å²) >= 11 is 11.9. The van der Waals surface area contributed by atoms with Crippen molar-refractivity contribution in [1.82, 2.24) is 14.6 Å². The summed E-state index contributed by atoms with van der Waals surface area (Å²) in [7, 11) is 2.93. The second-order valence-electron chi connectivity index (χ2n) is 6.02. The molecule has 3 rings (SSSR count). The molecule has 2 aromatic heterocycles. The van der Waals surface area contributed by atoms with Gasteiger partial charge in [0.05, 0.1) is 24.1 Å². The molecule has 0 unspecified atom stereocenters. The van der Waals surface area contributed by atoms with Crippen molar-refractivity contribution >= 4 is 46.3 Å². The fourth-order valence-corrected chi connectivity index (χ4v) is 3.11. The van der Waals surface area contributed by atoms with Gasteiger partial charge in [0.25, 0.3) is 0 Å². The molecular formula is C18H15Cl2FN4O3. The SMILES string of the molecule is COC(=O)CN(C)c1cc(Cl)nn2c(C(=O)c3ccc(Cl)cc3F)c(C)nc12. The first-order valence-corrected chi connectivity index (χ1v) is 8.82. The van der Waals surface area contributed by atoms with Crippen LogP contribution in [0.3, 0.4) is 0 Å². The van der Waals surface area contributed by atoms with Crippen molar-refractivity contribution in [2.24, 2.45) is 0 Å². The number of nitrogens with zero attached hydrogens (tertiary/aromatic N) is 4. The first-order valence-electron chi connectivity index (χ1n) is 8.06. The zero-order valence-corrected chi connectivity index (χ0v) is 16.7. The molecule has 10 heteroatoms. The zero-order chi connectivity index (χ0) is 20.6. The Balaban J connectivity index is 2.16. The molecule has 0 aliphatic heterocycles. The Morgan fingerprint density at radius 3 is 2.64 bits per heavy atom. The highest BCUT2D eigenvalue weighted by molar-refractivity contribution is 6.30. The maximum atomic E-state index is 14.3. The minimum atomic E-state index is -0.753. The van der Waals surface area contributed by atoms with Gasteiger partial charge in [-0.15, -0.1) is 0 Å². The largest absolute Gasteiger partial charge is 0.468 e. The summed E-state index contributed by atoms with van der Waals surface area (Å²) in [6.07, 6.45) is 0. The number of rotatable bonds is 5. The van der Waals surface area contributed by atoms with Crippen LogP contribution in [0.25, 0.3) is 5.65 Å². The monoisotopic (exact) mass is 424 g/mol. The van der Waals surface area contributed by atoms with E-state index in [-0.39, 0.29) is 28.0 Å². The third-order valence-corrected chi connectivity index (χ3v) is 4.53. The number of anilines is 1. The molecule has 0 bridgehead atoms. The molecule has 28 heavy (non-hydrogen) atoms. The molecule has 0 saturated heterocycles. The van der Waals surface area contributed by atoms with Gasteiger partial charge < -0.3 is 9.64 Å². The summed E-state index contributed by atoms with van der Waals surface area (Å²) < 4.78 is 20.2. The lowest BCUT2D eigenvalue weighted by atomic mass is 10.1. The molecule has 0 amide bonds. The van der Waals surface area contributed by atoms with Crippen LogP contribution in [0.4, 0.5) is 10.1 Å². The third-order valence-electron chi connectivity index (χ3n) is 4.11. The summed E-state index contributed by atoms with van der Waals surface area (Å²) in [6, 6.07) is 5.30. The van der Waals surface area contributed by atoms with Crippen LogP contribution in [-0.2, 0) is 9.53 Å². The number of aromatic nitrogens is 3. The summed E-state index contributed by atoms with van der Waals surface area (Å²) in [4.78, 5) is 30.5. The number of fused-ring (bicyclic) bond motifs is 1. The highest BCUT2D eigenvalue weighted by Gasteiger charge is 2.25. The average molecular weight is 425 g/mol. The van der Waals surface area contributed by atoms with E-state index in [0.29, 0.717) is 17.0 Å². The number of carbonyl (C=O) groups excluding carboxylic acids is 2. The Morgan fingerprint density at radius 1 is 1.29 bits per heavy atom. The van der Waals surface area contributed by atoms with E-state index in [1.807, 2.05) is 0 Å². The first-order chi connectivity index (χ1) is 13.2. The van der Waals surface area contributed by atoms with Crippen LogP contribution < -0.4 is 4.90 Å². The number of benzene rings is 1. The molecule has 0 atom stereocenters. The van der Waals surface area contributed by atoms with Gasteiger partial charge in [0.1, 0.15) is 18.1 Å². The minimum Gasteiger partial charge on any atom is -0.468 e. The van der Waals surface area contributed by atoms with Crippen molar-refractivity contribution in [3.05, 3.63) is 57.2 Å². The number of carbonyl (C=O) groups is 2. The van der Waals surface area contributed by atoms with Crippen molar-refractivity contribution in [3.63, 3.8) is 0 Å². The van der Waals surface area contributed by atoms with Crippen LogP contribution in [0, 0.1) is 12.7 Å². The van der Waals surface area contributed by atoms with Gasteiger partial charge in [-0.2, -0.15) is 5.10 Å². The van der Waals surface area contributed by atoms with Gasteiger partial charge in [0.2, 0.25) is 5.78 Å². The molecule has 0 N–H and O–H groups in total. The fourth-order valence-electron chi connectivity index (χ4n) is 2.77.